The Hall–Kier alpha value is -3.89. The van der Waals surface area contributed by atoms with E-state index < -0.39 is 11.9 Å². The summed E-state index contributed by atoms with van der Waals surface area (Å²) in [6, 6.07) is 18.2. The summed E-state index contributed by atoms with van der Waals surface area (Å²) in [6.45, 7) is 1.92. The van der Waals surface area contributed by atoms with Crippen molar-refractivity contribution in [2.45, 2.75) is 6.92 Å². The summed E-state index contributed by atoms with van der Waals surface area (Å²) in [4.78, 5) is 25.4. The second-order valence-electron chi connectivity index (χ2n) is 6.34. The number of rotatable bonds is 7. The van der Waals surface area contributed by atoms with E-state index in [1.165, 1.54) is 17.4 Å². The van der Waals surface area contributed by atoms with Gasteiger partial charge in [0.15, 0.2) is 0 Å². The van der Waals surface area contributed by atoms with Crippen LogP contribution in [0.1, 0.15) is 22.8 Å². The van der Waals surface area contributed by atoms with Crippen LogP contribution in [-0.2, 0) is 9.53 Å². The average Bonchev–Trinajstić information content (AvgIpc) is 3.22. The highest BCUT2D eigenvalue weighted by atomic mass is 32.1. The summed E-state index contributed by atoms with van der Waals surface area (Å²) in [6.07, 6.45) is 1.48. The molecule has 6 nitrogen and oxygen atoms in total. The maximum Gasteiger partial charge on any atom is 0.341 e. The molecule has 2 aromatic carbocycles. The second kappa shape index (κ2) is 10.2. The Kier molecular flexibility index (Phi) is 7.20. The van der Waals surface area contributed by atoms with E-state index in [1.807, 2.05) is 36.4 Å². The molecule has 1 N–H and O–H groups in total. The van der Waals surface area contributed by atoms with Crippen molar-refractivity contribution < 1.29 is 19.1 Å². The Morgan fingerprint density at radius 2 is 1.84 bits per heavy atom. The first-order valence-electron chi connectivity index (χ1n) is 9.48. The van der Waals surface area contributed by atoms with E-state index in [9.17, 15) is 14.9 Å². The lowest BCUT2D eigenvalue weighted by Gasteiger charge is -2.08. The quantitative estimate of drug-likeness (QED) is 0.317. The fraction of sp³-hybridized carbons (Fsp3) is 0.125. The van der Waals surface area contributed by atoms with Gasteiger partial charge in [0.1, 0.15) is 28.0 Å². The SMILES string of the molecule is CCOC(=O)c1c(-c2ccccc2)csc1NC(=O)/C(C#N)=C\c1ccc(OC)cc1. The van der Waals surface area contributed by atoms with Gasteiger partial charge >= 0.3 is 5.97 Å². The van der Waals surface area contributed by atoms with Crippen LogP contribution in [0.4, 0.5) is 5.00 Å². The highest BCUT2D eigenvalue weighted by molar-refractivity contribution is 7.15. The van der Waals surface area contributed by atoms with Gasteiger partial charge in [0.2, 0.25) is 0 Å². The van der Waals surface area contributed by atoms with Gasteiger partial charge in [-0.05, 0) is 36.3 Å². The van der Waals surface area contributed by atoms with Crippen molar-refractivity contribution in [1.29, 1.82) is 5.26 Å². The van der Waals surface area contributed by atoms with Crippen LogP contribution in [0.3, 0.4) is 0 Å². The largest absolute Gasteiger partial charge is 0.497 e. The molecule has 0 fully saturated rings. The van der Waals surface area contributed by atoms with E-state index in [-0.39, 0.29) is 17.7 Å². The smallest absolute Gasteiger partial charge is 0.341 e. The first kappa shape index (κ1) is 21.8. The number of nitriles is 1. The minimum Gasteiger partial charge on any atom is -0.497 e. The summed E-state index contributed by atoms with van der Waals surface area (Å²) in [5.41, 5.74) is 2.35. The highest BCUT2D eigenvalue weighted by Gasteiger charge is 2.23. The molecule has 0 bridgehead atoms. The van der Waals surface area contributed by atoms with E-state index in [2.05, 4.69) is 5.32 Å². The van der Waals surface area contributed by atoms with Crippen molar-refractivity contribution in [1.82, 2.24) is 0 Å². The van der Waals surface area contributed by atoms with Crippen molar-refractivity contribution >= 4 is 34.3 Å². The van der Waals surface area contributed by atoms with Crippen LogP contribution in [0.15, 0.2) is 65.6 Å². The Bertz CT molecular complexity index is 1140. The molecule has 0 aliphatic rings. The van der Waals surface area contributed by atoms with Crippen LogP contribution in [0.2, 0.25) is 0 Å². The van der Waals surface area contributed by atoms with Crippen LogP contribution < -0.4 is 10.1 Å². The number of carbonyl (C=O) groups is 2. The molecule has 1 aromatic heterocycles. The molecule has 3 rings (SSSR count). The van der Waals surface area contributed by atoms with Crippen LogP contribution in [0, 0.1) is 11.3 Å². The lowest BCUT2D eigenvalue weighted by Crippen LogP contribution is -2.16. The van der Waals surface area contributed by atoms with E-state index in [0.29, 0.717) is 21.9 Å². The molecule has 0 atom stereocenters. The molecule has 0 saturated carbocycles. The van der Waals surface area contributed by atoms with E-state index in [0.717, 1.165) is 5.56 Å². The molecule has 7 heteroatoms. The van der Waals surface area contributed by atoms with Crippen LogP contribution in [-0.4, -0.2) is 25.6 Å². The number of amides is 1. The number of thiophene rings is 1. The predicted molar refractivity (Wildman–Crippen MR) is 121 cm³/mol. The molecule has 0 aliphatic carbocycles. The van der Waals surface area contributed by atoms with Gasteiger partial charge in [-0.15, -0.1) is 11.3 Å². The molecular formula is C24H20N2O4S. The molecule has 31 heavy (non-hydrogen) atoms. The summed E-state index contributed by atoms with van der Waals surface area (Å²) < 4.78 is 10.3. The standard InChI is InChI=1S/C24H20N2O4S/c1-3-30-24(28)21-20(17-7-5-4-6-8-17)15-31-23(21)26-22(27)18(14-25)13-16-9-11-19(29-2)12-10-16/h4-13,15H,3H2,1-2H3,(H,26,27)/b18-13-. The molecule has 0 unspecified atom stereocenters. The van der Waals surface area contributed by atoms with Crippen molar-refractivity contribution in [3.63, 3.8) is 0 Å². The Labute approximate surface area is 184 Å². The van der Waals surface area contributed by atoms with E-state index in [1.54, 1.807) is 43.7 Å². The zero-order valence-electron chi connectivity index (χ0n) is 17.0. The summed E-state index contributed by atoms with van der Waals surface area (Å²) in [5, 5.41) is 14.3. The molecule has 0 spiro atoms. The number of carbonyl (C=O) groups excluding carboxylic acids is 2. The number of hydrogen-bond donors (Lipinski definition) is 1. The van der Waals surface area contributed by atoms with Gasteiger partial charge in [0, 0.05) is 10.9 Å². The monoisotopic (exact) mass is 432 g/mol. The maximum absolute atomic E-state index is 12.8. The van der Waals surface area contributed by atoms with E-state index in [4.69, 9.17) is 9.47 Å². The zero-order valence-corrected chi connectivity index (χ0v) is 17.9. The molecule has 0 aliphatic heterocycles. The van der Waals surface area contributed by atoms with Gasteiger partial charge in [-0.25, -0.2) is 4.79 Å². The van der Waals surface area contributed by atoms with Crippen molar-refractivity contribution in [2.24, 2.45) is 0 Å². The van der Waals surface area contributed by atoms with Gasteiger partial charge in [0.05, 0.1) is 13.7 Å². The molecular weight excluding hydrogens is 412 g/mol. The lowest BCUT2D eigenvalue weighted by atomic mass is 10.0. The molecule has 1 heterocycles. The Morgan fingerprint density at radius 1 is 1.13 bits per heavy atom. The van der Waals surface area contributed by atoms with Gasteiger partial charge < -0.3 is 14.8 Å². The number of methoxy groups -OCH3 is 1. The molecule has 3 aromatic rings. The van der Waals surface area contributed by atoms with Gasteiger partial charge in [-0.2, -0.15) is 5.26 Å². The van der Waals surface area contributed by atoms with Crippen LogP contribution >= 0.6 is 11.3 Å². The van der Waals surface area contributed by atoms with Crippen molar-refractivity contribution in [2.75, 3.05) is 19.0 Å². The van der Waals surface area contributed by atoms with Gasteiger partial charge in [-0.3, -0.25) is 4.79 Å². The lowest BCUT2D eigenvalue weighted by molar-refractivity contribution is -0.112. The topological polar surface area (TPSA) is 88.4 Å². The third-order valence-corrected chi connectivity index (χ3v) is 5.27. The minimum absolute atomic E-state index is 0.0883. The number of ether oxygens (including phenoxy) is 2. The number of nitrogens with zero attached hydrogens (tertiary/aromatic N) is 1. The molecule has 156 valence electrons. The first-order valence-corrected chi connectivity index (χ1v) is 10.4. The Balaban J connectivity index is 1.92. The van der Waals surface area contributed by atoms with Crippen molar-refractivity contribution in [3.05, 3.63) is 76.7 Å². The number of nitrogens with one attached hydrogen (secondary N) is 1. The summed E-state index contributed by atoms with van der Waals surface area (Å²) in [5.74, 6) is -0.466. The third kappa shape index (κ3) is 5.18. The molecule has 0 radical (unpaired) electrons. The Morgan fingerprint density at radius 3 is 2.45 bits per heavy atom. The maximum atomic E-state index is 12.8. The first-order chi connectivity index (χ1) is 15.1. The summed E-state index contributed by atoms with van der Waals surface area (Å²) in [7, 11) is 1.56. The summed E-state index contributed by atoms with van der Waals surface area (Å²) >= 11 is 1.21. The van der Waals surface area contributed by atoms with E-state index >= 15 is 0 Å². The number of anilines is 1. The van der Waals surface area contributed by atoms with Gasteiger partial charge in [0.25, 0.3) is 5.91 Å². The third-order valence-electron chi connectivity index (χ3n) is 4.37. The second-order valence-corrected chi connectivity index (χ2v) is 7.22. The number of esters is 1. The van der Waals surface area contributed by atoms with Crippen molar-refractivity contribution in [3.8, 4) is 22.9 Å². The normalized spacial score (nSPS) is 10.8. The zero-order chi connectivity index (χ0) is 22.2. The predicted octanol–water partition coefficient (Wildman–Crippen LogP) is 5.15. The van der Waals surface area contributed by atoms with Gasteiger partial charge in [-0.1, -0.05) is 42.5 Å². The van der Waals surface area contributed by atoms with Crippen LogP contribution in [0.25, 0.3) is 17.2 Å². The highest BCUT2D eigenvalue weighted by Crippen LogP contribution is 2.36. The minimum atomic E-state index is -0.606. The fourth-order valence-corrected chi connectivity index (χ4v) is 3.82. The fourth-order valence-electron chi connectivity index (χ4n) is 2.87. The molecule has 1 amide bonds. The average molecular weight is 433 g/mol. The number of hydrogen-bond acceptors (Lipinski definition) is 6. The van der Waals surface area contributed by atoms with Crippen LogP contribution in [0.5, 0.6) is 5.75 Å². The molecule has 0 saturated heterocycles. The number of benzene rings is 2.